The Kier molecular flexibility index (Phi) is 5.75. The number of nitrogens with one attached hydrogen (secondary N) is 1. The fraction of sp³-hybridized carbons (Fsp3) is 0.286. The van der Waals surface area contributed by atoms with E-state index in [0.29, 0.717) is 26.3 Å². The minimum absolute atomic E-state index is 0.0930. The second kappa shape index (κ2) is 7.77. The molecule has 0 amide bonds. The molecule has 0 saturated heterocycles. The lowest BCUT2D eigenvalue weighted by Crippen LogP contribution is -2.07. The Hall–Kier alpha value is -2.35. The van der Waals surface area contributed by atoms with Crippen LogP contribution >= 0.6 is 22.6 Å². The molecule has 23 heavy (non-hydrogen) atoms. The number of benzene rings is 1. The number of aromatic nitrogens is 3. The van der Waals surface area contributed by atoms with Crippen molar-refractivity contribution in [3.8, 4) is 28.8 Å². The van der Waals surface area contributed by atoms with E-state index in [2.05, 4.69) is 38.0 Å². The van der Waals surface area contributed by atoms with Crippen molar-refractivity contribution in [2.45, 2.75) is 6.92 Å². The summed E-state index contributed by atoms with van der Waals surface area (Å²) in [6.07, 6.45) is 0. The molecule has 0 saturated carbocycles. The van der Waals surface area contributed by atoms with E-state index in [4.69, 9.17) is 19.5 Å². The van der Waals surface area contributed by atoms with Gasteiger partial charge >= 0.3 is 5.97 Å². The quantitative estimate of drug-likeness (QED) is 0.555. The highest BCUT2D eigenvalue weighted by atomic mass is 127. The van der Waals surface area contributed by atoms with Gasteiger partial charge in [-0.1, -0.05) is 0 Å². The largest absolute Gasteiger partial charge is 0.493 e. The minimum atomic E-state index is -0.560. The molecular weight excluding hydrogens is 415 g/mol. The molecular formula is C14H13IN4O4. The van der Waals surface area contributed by atoms with Crippen molar-refractivity contribution < 1.29 is 19.0 Å². The molecule has 0 radical (unpaired) electrons. The lowest BCUT2D eigenvalue weighted by molar-refractivity contribution is 0.0520. The molecule has 8 nitrogen and oxygen atoms in total. The van der Waals surface area contributed by atoms with Gasteiger partial charge in [0.2, 0.25) is 0 Å². The Bertz CT molecular complexity index is 754. The summed E-state index contributed by atoms with van der Waals surface area (Å²) < 4.78 is 16.3. The maximum Gasteiger partial charge on any atom is 0.361 e. The van der Waals surface area contributed by atoms with E-state index in [1.807, 2.05) is 6.07 Å². The lowest BCUT2D eigenvalue weighted by Gasteiger charge is -2.12. The van der Waals surface area contributed by atoms with Crippen molar-refractivity contribution in [2.24, 2.45) is 0 Å². The summed E-state index contributed by atoms with van der Waals surface area (Å²) in [6.45, 7) is 1.86. The Morgan fingerprint density at radius 1 is 1.43 bits per heavy atom. The molecule has 0 aliphatic rings. The Labute approximate surface area is 145 Å². The van der Waals surface area contributed by atoms with Crippen LogP contribution in [0, 0.1) is 14.9 Å². The molecule has 1 heterocycles. The van der Waals surface area contributed by atoms with Crippen molar-refractivity contribution >= 4 is 28.6 Å². The number of esters is 1. The van der Waals surface area contributed by atoms with E-state index >= 15 is 0 Å². The third-order valence-electron chi connectivity index (χ3n) is 2.80. The average molecular weight is 428 g/mol. The Morgan fingerprint density at radius 2 is 2.22 bits per heavy atom. The predicted molar refractivity (Wildman–Crippen MR) is 88.2 cm³/mol. The minimum Gasteiger partial charge on any atom is -0.493 e. The van der Waals surface area contributed by atoms with Gasteiger partial charge in [0.05, 0.1) is 17.3 Å². The molecule has 120 valence electrons. The number of H-pyrrole nitrogens is 1. The molecule has 0 aliphatic heterocycles. The average Bonchev–Trinajstić information content (AvgIpc) is 3.03. The molecule has 0 spiro atoms. The van der Waals surface area contributed by atoms with Crippen LogP contribution in [0.1, 0.15) is 17.4 Å². The van der Waals surface area contributed by atoms with Gasteiger partial charge in [0.15, 0.2) is 23.8 Å². The van der Waals surface area contributed by atoms with Crippen molar-refractivity contribution in [2.75, 3.05) is 20.3 Å². The van der Waals surface area contributed by atoms with E-state index in [-0.39, 0.29) is 18.9 Å². The maximum atomic E-state index is 11.9. The summed E-state index contributed by atoms with van der Waals surface area (Å²) in [4.78, 5) is 11.9. The van der Waals surface area contributed by atoms with Crippen LogP contribution in [0.5, 0.6) is 11.5 Å². The highest BCUT2D eigenvalue weighted by molar-refractivity contribution is 14.1. The van der Waals surface area contributed by atoms with Gasteiger partial charge in [0.1, 0.15) is 11.8 Å². The number of carbonyl (C=O) groups excluding carboxylic acids is 1. The van der Waals surface area contributed by atoms with Crippen LogP contribution in [0.15, 0.2) is 12.1 Å². The Morgan fingerprint density at radius 3 is 2.87 bits per heavy atom. The SMILES string of the molecule is CCOC(=O)c1n[nH]nc1-c1cc(I)c(OCC#N)c(OC)c1. The summed E-state index contributed by atoms with van der Waals surface area (Å²) in [5, 5.41) is 18.9. The van der Waals surface area contributed by atoms with Gasteiger partial charge in [0, 0.05) is 5.56 Å². The van der Waals surface area contributed by atoms with Crippen LogP contribution in [-0.2, 0) is 4.74 Å². The summed E-state index contributed by atoms with van der Waals surface area (Å²) in [5.74, 6) is 0.328. The van der Waals surface area contributed by atoms with Crippen molar-refractivity contribution in [1.82, 2.24) is 15.4 Å². The van der Waals surface area contributed by atoms with Crippen LogP contribution in [0.3, 0.4) is 0 Å². The van der Waals surface area contributed by atoms with Crippen molar-refractivity contribution in [3.63, 3.8) is 0 Å². The number of aromatic amines is 1. The van der Waals surface area contributed by atoms with Crippen LogP contribution in [0.2, 0.25) is 0 Å². The van der Waals surface area contributed by atoms with Crippen LogP contribution < -0.4 is 9.47 Å². The number of halogens is 1. The van der Waals surface area contributed by atoms with Gasteiger partial charge in [0.25, 0.3) is 0 Å². The van der Waals surface area contributed by atoms with Crippen LogP contribution in [-0.4, -0.2) is 41.7 Å². The number of nitriles is 1. The second-order valence-corrected chi connectivity index (χ2v) is 5.34. The van der Waals surface area contributed by atoms with Crippen LogP contribution in [0.25, 0.3) is 11.3 Å². The van der Waals surface area contributed by atoms with E-state index in [1.165, 1.54) is 7.11 Å². The zero-order valence-electron chi connectivity index (χ0n) is 12.4. The topological polar surface area (TPSA) is 110 Å². The molecule has 0 unspecified atom stereocenters. The first-order chi connectivity index (χ1) is 11.1. The van der Waals surface area contributed by atoms with Gasteiger partial charge in [-0.25, -0.2) is 4.79 Å². The highest BCUT2D eigenvalue weighted by Gasteiger charge is 2.21. The molecule has 0 fully saturated rings. The van der Waals surface area contributed by atoms with Gasteiger partial charge in [-0.2, -0.15) is 15.6 Å². The molecule has 1 N–H and O–H groups in total. The molecule has 9 heteroatoms. The van der Waals surface area contributed by atoms with Crippen LogP contribution in [0.4, 0.5) is 0 Å². The van der Waals surface area contributed by atoms with Crippen molar-refractivity contribution in [3.05, 3.63) is 21.4 Å². The van der Waals surface area contributed by atoms with E-state index in [9.17, 15) is 4.79 Å². The fourth-order valence-corrected chi connectivity index (χ4v) is 2.63. The Balaban J connectivity index is 2.46. The number of carbonyl (C=O) groups is 1. The number of ether oxygens (including phenoxy) is 3. The lowest BCUT2D eigenvalue weighted by atomic mass is 10.1. The summed E-state index contributed by atoms with van der Waals surface area (Å²) in [5.41, 5.74) is 1.06. The third-order valence-corrected chi connectivity index (χ3v) is 3.60. The second-order valence-electron chi connectivity index (χ2n) is 4.18. The fourth-order valence-electron chi connectivity index (χ4n) is 1.88. The first-order valence-electron chi connectivity index (χ1n) is 6.57. The van der Waals surface area contributed by atoms with E-state index < -0.39 is 5.97 Å². The predicted octanol–water partition coefficient (Wildman–Crippen LogP) is 2.16. The molecule has 0 atom stereocenters. The molecule has 1 aromatic carbocycles. The smallest absolute Gasteiger partial charge is 0.361 e. The van der Waals surface area contributed by atoms with Gasteiger partial charge in [-0.3, -0.25) is 0 Å². The molecule has 2 aromatic rings. The maximum absolute atomic E-state index is 11.9. The third kappa shape index (κ3) is 3.70. The summed E-state index contributed by atoms with van der Waals surface area (Å²) in [6, 6.07) is 5.33. The van der Waals surface area contributed by atoms with E-state index in [1.54, 1.807) is 19.1 Å². The van der Waals surface area contributed by atoms with Crippen molar-refractivity contribution in [1.29, 1.82) is 5.26 Å². The van der Waals surface area contributed by atoms with Gasteiger partial charge in [-0.15, -0.1) is 5.10 Å². The molecule has 0 aliphatic carbocycles. The first kappa shape index (κ1) is 17.0. The molecule has 1 aromatic heterocycles. The van der Waals surface area contributed by atoms with Gasteiger partial charge in [-0.05, 0) is 41.6 Å². The number of hydrogen-bond acceptors (Lipinski definition) is 7. The number of rotatable bonds is 6. The summed E-state index contributed by atoms with van der Waals surface area (Å²) in [7, 11) is 1.49. The summed E-state index contributed by atoms with van der Waals surface area (Å²) >= 11 is 2.06. The number of nitrogens with zero attached hydrogens (tertiary/aromatic N) is 3. The van der Waals surface area contributed by atoms with E-state index in [0.717, 1.165) is 0 Å². The standard InChI is InChI=1S/C14H13IN4O4/c1-3-22-14(20)12-11(17-19-18-12)8-6-9(15)13(23-5-4-16)10(7-8)21-2/h6-7H,3,5H2,1-2H3,(H,17,18,19). The normalized spacial score (nSPS) is 10.0. The van der Waals surface area contributed by atoms with Gasteiger partial charge < -0.3 is 14.2 Å². The zero-order chi connectivity index (χ0) is 16.8. The number of methoxy groups -OCH3 is 1. The monoisotopic (exact) mass is 428 g/mol. The number of hydrogen-bond donors (Lipinski definition) is 1. The molecule has 2 rings (SSSR count). The first-order valence-corrected chi connectivity index (χ1v) is 7.65. The highest BCUT2D eigenvalue weighted by Crippen LogP contribution is 2.37. The molecule has 0 bridgehead atoms. The zero-order valence-corrected chi connectivity index (χ0v) is 14.6.